The molecule has 6 rings (SSSR count). The third-order valence-corrected chi connectivity index (χ3v) is 5.83. The molecule has 0 amide bonds. The minimum absolute atomic E-state index is 0.0000435. The molecular weight excluding hydrogens is 318 g/mol. The standard InChI is InChI=1S/C19H9N3OS/c23-13-7-12-11-3-1-2-4-14(11)24-15-6-5-10-8-22-19(20-9-21-22)18(13)16(10)17(12)15/h1-9H. The monoisotopic (exact) mass is 327 g/mol. The Hall–Kier alpha value is -3.05. The van der Waals surface area contributed by atoms with Crippen LogP contribution in [0.2, 0.25) is 0 Å². The first-order valence-electron chi connectivity index (χ1n) is 7.64. The zero-order chi connectivity index (χ0) is 15.8. The first-order valence-corrected chi connectivity index (χ1v) is 8.45. The highest BCUT2D eigenvalue weighted by Crippen LogP contribution is 2.40. The molecule has 3 heterocycles. The third kappa shape index (κ3) is 1.36. The van der Waals surface area contributed by atoms with Crippen LogP contribution in [0.4, 0.5) is 0 Å². The predicted octanol–water partition coefficient (Wildman–Crippen LogP) is 4.20. The van der Waals surface area contributed by atoms with Crippen LogP contribution in [0, 0.1) is 0 Å². The van der Waals surface area contributed by atoms with Gasteiger partial charge in [0.2, 0.25) is 0 Å². The van der Waals surface area contributed by atoms with Gasteiger partial charge in [0.1, 0.15) is 6.33 Å². The van der Waals surface area contributed by atoms with Crippen molar-refractivity contribution in [3.8, 4) is 0 Å². The largest absolute Gasteiger partial charge is 0.289 e. The van der Waals surface area contributed by atoms with Crippen molar-refractivity contribution in [2.75, 3.05) is 0 Å². The lowest BCUT2D eigenvalue weighted by Crippen LogP contribution is -2.04. The van der Waals surface area contributed by atoms with Crippen molar-refractivity contribution in [1.29, 1.82) is 0 Å². The fraction of sp³-hybridized carbons (Fsp3) is 0. The van der Waals surface area contributed by atoms with Gasteiger partial charge >= 0.3 is 0 Å². The van der Waals surface area contributed by atoms with Crippen molar-refractivity contribution in [1.82, 2.24) is 14.6 Å². The summed E-state index contributed by atoms with van der Waals surface area (Å²) < 4.78 is 4.06. The molecule has 24 heavy (non-hydrogen) atoms. The average molecular weight is 327 g/mol. The van der Waals surface area contributed by atoms with Crippen LogP contribution in [-0.2, 0) is 0 Å². The van der Waals surface area contributed by atoms with Crippen molar-refractivity contribution in [2.24, 2.45) is 0 Å². The molecule has 0 bridgehead atoms. The molecule has 0 aliphatic rings. The molecular formula is C19H9N3OS. The molecule has 0 radical (unpaired) electrons. The minimum Gasteiger partial charge on any atom is -0.289 e. The van der Waals surface area contributed by atoms with E-state index in [-0.39, 0.29) is 5.43 Å². The molecule has 112 valence electrons. The molecule has 0 aliphatic heterocycles. The third-order valence-electron chi connectivity index (χ3n) is 4.70. The summed E-state index contributed by atoms with van der Waals surface area (Å²) in [5, 5.41) is 10.2. The lowest BCUT2D eigenvalue weighted by Gasteiger charge is -2.12. The fourth-order valence-corrected chi connectivity index (χ4v) is 4.84. The zero-order valence-electron chi connectivity index (χ0n) is 12.4. The van der Waals surface area contributed by atoms with E-state index < -0.39 is 0 Å². The highest BCUT2D eigenvalue weighted by atomic mass is 32.1. The molecule has 0 saturated heterocycles. The highest BCUT2D eigenvalue weighted by Gasteiger charge is 2.17. The fourth-order valence-electron chi connectivity index (χ4n) is 3.71. The van der Waals surface area contributed by atoms with Gasteiger partial charge in [0.25, 0.3) is 0 Å². The van der Waals surface area contributed by atoms with Gasteiger partial charge in [-0.2, -0.15) is 5.10 Å². The summed E-state index contributed by atoms with van der Waals surface area (Å²) in [4.78, 5) is 17.2. The Morgan fingerprint density at radius 2 is 1.83 bits per heavy atom. The molecule has 3 aromatic carbocycles. The van der Waals surface area contributed by atoms with Crippen LogP contribution in [0.15, 0.2) is 59.8 Å². The number of aromatic nitrogens is 3. The van der Waals surface area contributed by atoms with Gasteiger partial charge in [0.05, 0.1) is 5.39 Å². The molecule has 0 aliphatic carbocycles. The summed E-state index contributed by atoms with van der Waals surface area (Å²) in [6.07, 6.45) is 3.44. The maximum atomic E-state index is 12.9. The molecule has 0 atom stereocenters. The molecule has 5 heteroatoms. The van der Waals surface area contributed by atoms with Crippen molar-refractivity contribution < 1.29 is 0 Å². The Kier molecular flexibility index (Phi) is 2.10. The maximum Gasteiger partial charge on any atom is 0.190 e. The summed E-state index contributed by atoms with van der Waals surface area (Å²) in [6, 6.07) is 14.2. The van der Waals surface area contributed by atoms with Crippen LogP contribution >= 0.6 is 11.3 Å². The van der Waals surface area contributed by atoms with E-state index in [9.17, 15) is 4.79 Å². The second-order valence-electron chi connectivity index (χ2n) is 5.96. The molecule has 3 aromatic heterocycles. The van der Waals surface area contributed by atoms with Crippen molar-refractivity contribution in [3.05, 3.63) is 65.2 Å². The molecule has 4 nitrogen and oxygen atoms in total. The summed E-state index contributed by atoms with van der Waals surface area (Å²) >= 11 is 1.76. The number of benzene rings is 3. The summed E-state index contributed by atoms with van der Waals surface area (Å²) in [7, 11) is 0. The summed E-state index contributed by atoms with van der Waals surface area (Å²) in [5.74, 6) is 0. The first kappa shape index (κ1) is 12.4. The topological polar surface area (TPSA) is 47.3 Å². The molecule has 6 aromatic rings. The van der Waals surface area contributed by atoms with Crippen molar-refractivity contribution >= 4 is 58.7 Å². The van der Waals surface area contributed by atoms with Crippen LogP contribution in [0.25, 0.3) is 47.4 Å². The van der Waals surface area contributed by atoms with E-state index >= 15 is 0 Å². The molecule has 0 spiro atoms. The normalized spacial score (nSPS) is 12.3. The van der Waals surface area contributed by atoms with Gasteiger partial charge < -0.3 is 0 Å². The number of hydrogen-bond acceptors (Lipinski definition) is 4. The Labute approximate surface area is 138 Å². The van der Waals surface area contributed by atoms with Gasteiger partial charge in [-0.05, 0) is 29.0 Å². The van der Waals surface area contributed by atoms with Crippen molar-refractivity contribution in [3.63, 3.8) is 0 Å². The minimum atomic E-state index is -0.0000435. The highest BCUT2D eigenvalue weighted by molar-refractivity contribution is 7.25. The molecule has 0 N–H and O–H groups in total. The molecule has 0 saturated carbocycles. The Balaban J connectivity index is 2.08. The summed E-state index contributed by atoms with van der Waals surface area (Å²) in [6.45, 7) is 0. The Morgan fingerprint density at radius 3 is 2.79 bits per heavy atom. The van der Waals surface area contributed by atoms with Gasteiger partial charge in [0, 0.05) is 31.8 Å². The second-order valence-corrected chi connectivity index (χ2v) is 7.04. The van der Waals surface area contributed by atoms with Gasteiger partial charge in [-0.15, -0.1) is 11.3 Å². The van der Waals surface area contributed by atoms with Crippen LogP contribution < -0.4 is 5.43 Å². The van der Waals surface area contributed by atoms with Gasteiger partial charge in [-0.25, -0.2) is 9.50 Å². The lowest BCUT2D eigenvalue weighted by atomic mass is 9.97. The SMILES string of the molecule is O=c1cc2c3ccccc3sc3ccc4cn5ncnc5c1c4c32. The smallest absolute Gasteiger partial charge is 0.190 e. The number of fused-ring (bicyclic) bond motifs is 4. The van der Waals surface area contributed by atoms with Crippen LogP contribution in [0.5, 0.6) is 0 Å². The van der Waals surface area contributed by atoms with Crippen molar-refractivity contribution in [2.45, 2.75) is 0 Å². The van der Waals surface area contributed by atoms with E-state index in [0.29, 0.717) is 11.0 Å². The van der Waals surface area contributed by atoms with E-state index in [4.69, 9.17) is 0 Å². The quantitative estimate of drug-likeness (QED) is 0.310. The second kappa shape index (κ2) is 4.07. The van der Waals surface area contributed by atoms with E-state index in [1.54, 1.807) is 21.9 Å². The first-order chi connectivity index (χ1) is 11.8. The Morgan fingerprint density at radius 1 is 0.917 bits per heavy atom. The lowest BCUT2D eigenvalue weighted by molar-refractivity contribution is 0.972. The van der Waals surface area contributed by atoms with E-state index in [0.717, 1.165) is 26.9 Å². The summed E-state index contributed by atoms with van der Waals surface area (Å²) in [5.41, 5.74) is 0.625. The Bertz CT molecular complexity index is 1480. The van der Waals surface area contributed by atoms with E-state index in [1.165, 1.54) is 15.7 Å². The van der Waals surface area contributed by atoms with Crippen LogP contribution in [-0.4, -0.2) is 14.6 Å². The van der Waals surface area contributed by atoms with Crippen LogP contribution in [0.1, 0.15) is 0 Å². The maximum absolute atomic E-state index is 12.9. The average Bonchev–Trinajstić information content (AvgIpc) is 3.07. The van der Waals surface area contributed by atoms with E-state index in [1.807, 2.05) is 18.3 Å². The zero-order valence-corrected chi connectivity index (χ0v) is 13.2. The van der Waals surface area contributed by atoms with Crippen LogP contribution in [0.3, 0.4) is 0 Å². The predicted molar refractivity (Wildman–Crippen MR) is 98.3 cm³/mol. The number of nitrogens with zero attached hydrogens (tertiary/aromatic N) is 3. The van der Waals surface area contributed by atoms with E-state index in [2.05, 4.69) is 34.3 Å². The van der Waals surface area contributed by atoms with Gasteiger partial charge in [-0.3, -0.25) is 4.79 Å². The number of hydrogen-bond donors (Lipinski definition) is 0. The molecule has 0 unspecified atom stereocenters. The number of pyridine rings is 1. The van der Waals surface area contributed by atoms with Gasteiger partial charge in [-0.1, -0.05) is 24.3 Å². The van der Waals surface area contributed by atoms with Gasteiger partial charge in [0.15, 0.2) is 11.1 Å². The number of rotatable bonds is 0. The molecule has 0 fully saturated rings.